The molecule has 2 aromatic rings. The van der Waals surface area contributed by atoms with Crippen LogP contribution in [0, 0.1) is 5.92 Å². The molecule has 7 heteroatoms. The fraction of sp³-hybridized carbons (Fsp3) is 0.458. The highest BCUT2D eigenvalue weighted by atomic mass is 35.5. The molecule has 0 spiro atoms. The number of benzene rings is 2. The van der Waals surface area contributed by atoms with Gasteiger partial charge in [0.15, 0.2) is 0 Å². The van der Waals surface area contributed by atoms with E-state index in [9.17, 15) is 9.90 Å². The first-order chi connectivity index (χ1) is 15.2. The summed E-state index contributed by atoms with van der Waals surface area (Å²) in [6, 6.07) is 15.4. The number of aliphatic hydroxyl groups excluding tert-OH is 1. The van der Waals surface area contributed by atoms with Crippen LogP contribution in [0.4, 0.5) is 16.2 Å². The molecule has 2 N–H and O–H groups in total. The molecule has 0 unspecified atom stereocenters. The van der Waals surface area contributed by atoms with E-state index in [1.54, 1.807) is 12.1 Å². The largest absolute Gasteiger partial charge is 0.395 e. The molecule has 5 rings (SSSR count). The molecule has 2 amide bonds. The average molecular weight is 442 g/mol. The fourth-order valence-corrected chi connectivity index (χ4v) is 5.60. The quantitative estimate of drug-likeness (QED) is 0.754. The Hall–Kier alpha value is -2.12. The SMILES string of the molecule is O=C(Nc1cccc(Cl)c1)N1C[C@H]2[C@@H](c3ccccc31)[C@H](CO)N2CC1CCOCC1. The number of nitrogens with zero attached hydrogens (tertiary/aromatic N) is 2. The molecule has 3 aliphatic heterocycles. The maximum absolute atomic E-state index is 13.3. The number of nitrogens with one attached hydrogen (secondary N) is 1. The average Bonchev–Trinajstić information content (AvgIpc) is 2.78. The Bertz CT molecular complexity index is 949. The zero-order valence-electron chi connectivity index (χ0n) is 17.4. The molecule has 164 valence electrons. The molecule has 0 saturated carbocycles. The van der Waals surface area contributed by atoms with Crippen LogP contribution in [0.3, 0.4) is 0 Å². The molecule has 0 bridgehead atoms. The van der Waals surface area contributed by atoms with Crippen molar-refractivity contribution in [1.29, 1.82) is 0 Å². The zero-order valence-corrected chi connectivity index (χ0v) is 18.2. The van der Waals surface area contributed by atoms with Gasteiger partial charge in [0.2, 0.25) is 0 Å². The molecule has 31 heavy (non-hydrogen) atoms. The highest BCUT2D eigenvalue weighted by Gasteiger charge is 2.53. The van der Waals surface area contributed by atoms with Gasteiger partial charge in [0, 0.05) is 60.7 Å². The van der Waals surface area contributed by atoms with E-state index in [4.69, 9.17) is 16.3 Å². The van der Waals surface area contributed by atoms with Crippen LogP contribution in [0.25, 0.3) is 0 Å². The van der Waals surface area contributed by atoms with Gasteiger partial charge in [-0.1, -0.05) is 35.9 Å². The summed E-state index contributed by atoms with van der Waals surface area (Å²) in [6.07, 6.45) is 2.11. The molecule has 0 aliphatic carbocycles. The maximum Gasteiger partial charge on any atom is 0.326 e. The van der Waals surface area contributed by atoms with E-state index in [-0.39, 0.29) is 30.6 Å². The van der Waals surface area contributed by atoms with Crippen LogP contribution in [0.15, 0.2) is 48.5 Å². The summed E-state index contributed by atoms with van der Waals surface area (Å²) in [4.78, 5) is 17.5. The lowest BCUT2D eigenvalue weighted by molar-refractivity contribution is -0.0622. The van der Waals surface area contributed by atoms with E-state index in [0.29, 0.717) is 23.2 Å². The topological polar surface area (TPSA) is 65.0 Å². The number of rotatable bonds is 4. The molecular weight excluding hydrogens is 414 g/mol. The van der Waals surface area contributed by atoms with E-state index in [0.717, 1.165) is 43.9 Å². The Morgan fingerprint density at radius 3 is 2.74 bits per heavy atom. The van der Waals surface area contributed by atoms with Gasteiger partial charge in [0.05, 0.1) is 6.61 Å². The number of urea groups is 1. The lowest BCUT2D eigenvalue weighted by Gasteiger charge is -2.59. The number of hydrogen-bond donors (Lipinski definition) is 2. The first kappa shape index (κ1) is 20.8. The fourth-order valence-electron chi connectivity index (χ4n) is 5.41. The second-order valence-corrected chi connectivity index (χ2v) is 9.14. The summed E-state index contributed by atoms with van der Waals surface area (Å²) >= 11 is 6.09. The van der Waals surface area contributed by atoms with E-state index >= 15 is 0 Å². The van der Waals surface area contributed by atoms with Crippen molar-refractivity contribution in [2.45, 2.75) is 30.8 Å². The van der Waals surface area contributed by atoms with Crippen LogP contribution in [0.2, 0.25) is 5.02 Å². The van der Waals surface area contributed by atoms with Crippen LogP contribution in [-0.2, 0) is 4.74 Å². The predicted molar refractivity (Wildman–Crippen MR) is 122 cm³/mol. The highest BCUT2D eigenvalue weighted by Crippen LogP contribution is 2.48. The number of para-hydroxylation sites is 1. The number of likely N-dealkylation sites (tertiary alicyclic amines) is 1. The smallest absolute Gasteiger partial charge is 0.326 e. The van der Waals surface area contributed by atoms with Gasteiger partial charge in [-0.15, -0.1) is 0 Å². The third kappa shape index (κ3) is 3.94. The summed E-state index contributed by atoms with van der Waals surface area (Å²) in [6.45, 7) is 3.31. The van der Waals surface area contributed by atoms with Crippen molar-refractivity contribution < 1.29 is 14.6 Å². The first-order valence-electron chi connectivity index (χ1n) is 11.0. The highest BCUT2D eigenvalue weighted by molar-refractivity contribution is 6.30. The first-order valence-corrected chi connectivity index (χ1v) is 11.4. The molecule has 3 atom stereocenters. The zero-order chi connectivity index (χ0) is 21.4. The van der Waals surface area contributed by atoms with Crippen LogP contribution in [-0.4, -0.2) is 61.0 Å². The number of anilines is 2. The molecule has 3 heterocycles. The van der Waals surface area contributed by atoms with Crippen molar-refractivity contribution >= 4 is 29.0 Å². The molecule has 2 saturated heterocycles. The standard InChI is InChI=1S/C24H28ClN3O3/c25-17-4-3-5-18(12-17)26-24(30)28-14-21-23(19-6-1-2-7-20(19)28)22(15-29)27(21)13-16-8-10-31-11-9-16/h1-7,12,16,21-23,29H,8-11,13-15H2,(H,26,30)/t21-,22-,23+/m0/s1. The Morgan fingerprint density at radius 1 is 1.16 bits per heavy atom. The van der Waals surface area contributed by atoms with Gasteiger partial charge in [0.1, 0.15) is 0 Å². The minimum atomic E-state index is -0.161. The Kier molecular flexibility index (Phi) is 5.89. The van der Waals surface area contributed by atoms with Gasteiger partial charge in [-0.2, -0.15) is 0 Å². The van der Waals surface area contributed by atoms with Gasteiger partial charge in [-0.05, 0) is 48.6 Å². The number of carbonyl (C=O) groups excluding carboxylic acids is 1. The van der Waals surface area contributed by atoms with E-state index in [2.05, 4.69) is 16.3 Å². The van der Waals surface area contributed by atoms with E-state index in [1.807, 2.05) is 35.2 Å². The van der Waals surface area contributed by atoms with Crippen LogP contribution in [0.5, 0.6) is 0 Å². The molecule has 3 aliphatic rings. The molecule has 0 aromatic heterocycles. The summed E-state index contributed by atoms with van der Waals surface area (Å²) in [7, 11) is 0. The normalized spacial score (nSPS) is 26.0. The number of halogens is 1. The predicted octanol–water partition coefficient (Wildman–Crippen LogP) is 3.95. The van der Waals surface area contributed by atoms with Crippen LogP contribution < -0.4 is 10.2 Å². The van der Waals surface area contributed by atoms with Gasteiger partial charge < -0.3 is 15.2 Å². The molecular formula is C24H28ClN3O3. The number of hydrogen-bond acceptors (Lipinski definition) is 4. The van der Waals surface area contributed by atoms with Crippen molar-refractivity contribution in [3.8, 4) is 0 Å². The Labute approximate surface area is 187 Å². The van der Waals surface area contributed by atoms with Crippen molar-refractivity contribution in [1.82, 2.24) is 4.90 Å². The molecule has 6 nitrogen and oxygen atoms in total. The van der Waals surface area contributed by atoms with Crippen LogP contribution in [0.1, 0.15) is 24.3 Å². The summed E-state index contributed by atoms with van der Waals surface area (Å²) in [5.41, 5.74) is 2.74. The molecule has 2 fully saturated rings. The van der Waals surface area contributed by atoms with E-state index in [1.165, 1.54) is 0 Å². The third-order valence-corrected chi connectivity index (χ3v) is 7.19. The number of carbonyl (C=O) groups is 1. The second-order valence-electron chi connectivity index (χ2n) is 8.71. The van der Waals surface area contributed by atoms with Crippen molar-refractivity contribution in [3.05, 3.63) is 59.1 Å². The van der Waals surface area contributed by atoms with Gasteiger partial charge in [0.25, 0.3) is 0 Å². The monoisotopic (exact) mass is 441 g/mol. The Balaban J connectivity index is 1.39. The molecule has 0 radical (unpaired) electrons. The van der Waals surface area contributed by atoms with E-state index < -0.39 is 0 Å². The number of amides is 2. The number of aliphatic hydroxyl groups is 1. The van der Waals surface area contributed by atoms with Gasteiger partial charge >= 0.3 is 6.03 Å². The van der Waals surface area contributed by atoms with Crippen molar-refractivity contribution in [3.63, 3.8) is 0 Å². The Morgan fingerprint density at radius 2 is 1.97 bits per heavy atom. The molecule has 2 aromatic carbocycles. The van der Waals surface area contributed by atoms with Crippen molar-refractivity contribution in [2.24, 2.45) is 5.92 Å². The summed E-state index contributed by atoms with van der Waals surface area (Å²) in [5, 5.41) is 13.8. The summed E-state index contributed by atoms with van der Waals surface area (Å²) < 4.78 is 5.51. The summed E-state index contributed by atoms with van der Waals surface area (Å²) in [5.74, 6) is 0.825. The van der Waals surface area contributed by atoms with Gasteiger partial charge in [-0.3, -0.25) is 9.80 Å². The maximum atomic E-state index is 13.3. The van der Waals surface area contributed by atoms with Crippen molar-refractivity contribution in [2.75, 3.05) is 43.1 Å². The minimum Gasteiger partial charge on any atom is -0.395 e. The number of fused-ring (bicyclic) bond motifs is 3. The second kappa shape index (κ2) is 8.79. The number of ether oxygens (including phenoxy) is 1. The lowest BCUT2D eigenvalue weighted by Crippen LogP contribution is -2.70. The van der Waals surface area contributed by atoms with Gasteiger partial charge in [-0.25, -0.2) is 4.79 Å². The lowest BCUT2D eigenvalue weighted by atomic mass is 9.71. The minimum absolute atomic E-state index is 0.104. The third-order valence-electron chi connectivity index (χ3n) is 6.96. The van der Waals surface area contributed by atoms with Crippen LogP contribution >= 0.6 is 11.6 Å².